The van der Waals surface area contributed by atoms with Crippen molar-refractivity contribution in [3.05, 3.63) is 82.2 Å². The molecule has 3 aromatic rings. The highest BCUT2D eigenvalue weighted by atomic mass is 32.2. The van der Waals surface area contributed by atoms with Crippen LogP contribution in [0.4, 0.5) is 0 Å². The van der Waals surface area contributed by atoms with Crippen LogP contribution in [0.25, 0.3) is 11.1 Å². The van der Waals surface area contributed by atoms with Crippen LogP contribution in [0.5, 0.6) is 0 Å². The number of nitrogens with zero attached hydrogens (tertiary/aromatic N) is 1. The fourth-order valence-electron chi connectivity index (χ4n) is 3.92. The molecule has 4 N–H and O–H groups in total. The summed E-state index contributed by atoms with van der Waals surface area (Å²) in [6, 6.07) is 16.3. The molecule has 1 heterocycles. The number of carbonyl (C=O) groups is 1. The average molecular weight is 448 g/mol. The molecule has 1 amide bonds. The Bertz CT molecular complexity index is 1070. The number of benzene rings is 2. The van der Waals surface area contributed by atoms with Gasteiger partial charge in [0.1, 0.15) is 0 Å². The van der Waals surface area contributed by atoms with E-state index in [1.807, 2.05) is 12.1 Å². The summed E-state index contributed by atoms with van der Waals surface area (Å²) in [4.78, 5) is 17.4. The molecule has 0 unspecified atom stereocenters. The summed E-state index contributed by atoms with van der Waals surface area (Å²) in [5.41, 5.74) is 20.4. The van der Waals surface area contributed by atoms with Crippen LogP contribution in [-0.4, -0.2) is 10.9 Å². The fraction of sp³-hybridized carbons (Fsp3) is 0.333. The van der Waals surface area contributed by atoms with Gasteiger partial charge < -0.3 is 11.5 Å². The van der Waals surface area contributed by atoms with Crippen LogP contribution in [0.15, 0.2) is 53.4 Å². The zero-order chi connectivity index (χ0) is 23.3. The summed E-state index contributed by atoms with van der Waals surface area (Å²) in [7, 11) is 0. The third-order valence-electron chi connectivity index (χ3n) is 5.67. The molecule has 0 saturated carbocycles. The van der Waals surface area contributed by atoms with Crippen LogP contribution in [0.2, 0.25) is 0 Å². The van der Waals surface area contributed by atoms with Gasteiger partial charge in [0, 0.05) is 34.1 Å². The van der Waals surface area contributed by atoms with Gasteiger partial charge in [0.15, 0.2) is 0 Å². The van der Waals surface area contributed by atoms with Gasteiger partial charge >= 0.3 is 0 Å². The molecular formula is C27H33N3OS. The van der Waals surface area contributed by atoms with Gasteiger partial charge in [0.05, 0.1) is 0 Å². The number of rotatable bonds is 9. The summed E-state index contributed by atoms with van der Waals surface area (Å²) in [6.07, 6.45) is 1.93. The molecule has 0 spiro atoms. The highest BCUT2D eigenvalue weighted by Crippen LogP contribution is 2.36. The van der Waals surface area contributed by atoms with Crippen molar-refractivity contribution in [2.45, 2.75) is 57.7 Å². The lowest BCUT2D eigenvalue weighted by Gasteiger charge is -2.21. The molecule has 0 aliphatic carbocycles. The first kappa shape index (κ1) is 24.0. The number of thioether (sulfide) groups is 1. The minimum atomic E-state index is -0.410. The Morgan fingerprint density at radius 3 is 2.22 bits per heavy atom. The summed E-state index contributed by atoms with van der Waals surface area (Å²) in [5, 5.41) is 0. The second kappa shape index (κ2) is 10.8. The van der Waals surface area contributed by atoms with Gasteiger partial charge in [-0.25, -0.2) is 0 Å². The molecule has 3 rings (SSSR count). The first-order valence-corrected chi connectivity index (χ1v) is 12.2. The van der Waals surface area contributed by atoms with Gasteiger partial charge in [0.2, 0.25) is 5.91 Å². The molecular weight excluding hydrogens is 414 g/mol. The minimum Gasteiger partial charge on any atom is -0.366 e. The second-order valence-corrected chi connectivity index (χ2v) is 9.55. The molecule has 0 aliphatic rings. The zero-order valence-electron chi connectivity index (χ0n) is 19.4. The summed E-state index contributed by atoms with van der Waals surface area (Å²) in [5.74, 6) is 0.869. The van der Waals surface area contributed by atoms with E-state index in [1.165, 1.54) is 22.3 Å². The monoisotopic (exact) mass is 447 g/mol. The Kier molecular flexibility index (Phi) is 8.10. The molecule has 0 aliphatic heterocycles. The summed E-state index contributed by atoms with van der Waals surface area (Å²) < 4.78 is 0. The number of aryl methyl sites for hydroxylation is 2. The lowest BCUT2D eigenvalue weighted by atomic mass is 9.90. The van der Waals surface area contributed by atoms with Crippen molar-refractivity contribution < 1.29 is 4.79 Å². The molecule has 0 fully saturated rings. The largest absolute Gasteiger partial charge is 0.366 e. The highest BCUT2D eigenvalue weighted by molar-refractivity contribution is 7.98. The molecule has 1 aromatic heterocycles. The van der Waals surface area contributed by atoms with E-state index in [2.05, 4.69) is 52.0 Å². The van der Waals surface area contributed by atoms with E-state index >= 15 is 0 Å². The van der Waals surface area contributed by atoms with Crippen molar-refractivity contribution in [2.75, 3.05) is 0 Å². The van der Waals surface area contributed by atoms with Gasteiger partial charge in [-0.1, -0.05) is 45.0 Å². The smallest absolute Gasteiger partial charge is 0.248 e. The average Bonchev–Trinajstić information content (AvgIpc) is 2.78. The Hall–Kier alpha value is -2.63. The number of nitrogens with two attached hydrogens (primary N) is 2. The maximum atomic E-state index is 11.4. The molecule has 168 valence electrons. The van der Waals surface area contributed by atoms with Gasteiger partial charge in [-0.3, -0.25) is 9.78 Å². The Morgan fingerprint density at radius 1 is 1.03 bits per heavy atom. The van der Waals surface area contributed by atoms with Crippen molar-refractivity contribution in [2.24, 2.45) is 17.4 Å². The van der Waals surface area contributed by atoms with Crippen LogP contribution in [0.3, 0.4) is 0 Å². The lowest BCUT2D eigenvalue weighted by Crippen LogP contribution is -2.13. The van der Waals surface area contributed by atoms with E-state index in [0.717, 1.165) is 40.4 Å². The van der Waals surface area contributed by atoms with Gasteiger partial charge in [-0.15, -0.1) is 11.8 Å². The predicted molar refractivity (Wildman–Crippen MR) is 135 cm³/mol. The Labute approximate surface area is 195 Å². The topological polar surface area (TPSA) is 82.0 Å². The molecule has 32 heavy (non-hydrogen) atoms. The quantitative estimate of drug-likeness (QED) is 0.414. The third kappa shape index (κ3) is 5.59. The van der Waals surface area contributed by atoms with E-state index in [-0.39, 0.29) is 0 Å². The van der Waals surface area contributed by atoms with E-state index in [9.17, 15) is 4.79 Å². The maximum Gasteiger partial charge on any atom is 0.248 e. The number of aromatic nitrogens is 1. The van der Waals surface area contributed by atoms with Gasteiger partial charge in [0.25, 0.3) is 0 Å². The SMILES string of the molecule is CCc1ccc(-c2c(CSc3ccc(C(N)=O)cc3)c(C)nc(CC(C)C)c2CN)cc1. The third-order valence-corrected chi connectivity index (χ3v) is 6.71. The molecule has 5 heteroatoms. The van der Waals surface area contributed by atoms with E-state index in [1.54, 1.807) is 23.9 Å². The van der Waals surface area contributed by atoms with Crippen molar-refractivity contribution in [3.63, 3.8) is 0 Å². The van der Waals surface area contributed by atoms with Crippen LogP contribution in [0, 0.1) is 12.8 Å². The molecule has 0 saturated heterocycles. The molecule has 0 bridgehead atoms. The number of carbonyl (C=O) groups excluding carboxylic acids is 1. The Morgan fingerprint density at radius 2 is 1.69 bits per heavy atom. The predicted octanol–water partition coefficient (Wildman–Crippen LogP) is 5.67. The summed E-state index contributed by atoms with van der Waals surface area (Å²) in [6.45, 7) is 9.16. The minimum absolute atomic E-state index is 0.410. The lowest BCUT2D eigenvalue weighted by molar-refractivity contribution is 0.1000. The van der Waals surface area contributed by atoms with Crippen LogP contribution in [-0.2, 0) is 25.1 Å². The first-order valence-electron chi connectivity index (χ1n) is 11.2. The van der Waals surface area contributed by atoms with Gasteiger partial charge in [-0.05, 0) is 77.8 Å². The van der Waals surface area contributed by atoms with Crippen LogP contribution in [0.1, 0.15) is 59.2 Å². The molecule has 0 radical (unpaired) electrons. The van der Waals surface area contributed by atoms with Crippen molar-refractivity contribution in [3.8, 4) is 11.1 Å². The van der Waals surface area contributed by atoms with E-state index in [0.29, 0.717) is 18.0 Å². The summed E-state index contributed by atoms with van der Waals surface area (Å²) >= 11 is 1.73. The number of primary amides is 1. The molecule has 0 atom stereocenters. The first-order chi connectivity index (χ1) is 15.3. The maximum absolute atomic E-state index is 11.4. The highest BCUT2D eigenvalue weighted by Gasteiger charge is 2.19. The van der Waals surface area contributed by atoms with E-state index < -0.39 is 5.91 Å². The number of amides is 1. The molecule has 2 aromatic carbocycles. The van der Waals surface area contributed by atoms with E-state index in [4.69, 9.17) is 16.5 Å². The number of hydrogen-bond acceptors (Lipinski definition) is 4. The number of hydrogen-bond donors (Lipinski definition) is 2. The van der Waals surface area contributed by atoms with Crippen molar-refractivity contribution in [1.82, 2.24) is 4.98 Å². The number of pyridine rings is 1. The van der Waals surface area contributed by atoms with Crippen LogP contribution >= 0.6 is 11.8 Å². The second-order valence-electron chi connectivity index (χ2n) is 8.51. The fourth-order valence-corrected chi connectivity index (χ4v) is 4.92. The van der Waals surface area contributed by atoms with Gasteiger partial charge in [-0.2, -0.15) is 0 Å². The standard InChI is InChI=1S/C27H33N3OS/c1-5-19-6-8-20(9-7-19)26-23(15-28)25(14-17(2)3)30-18(4)24(26)16-32-22-12-10-21(11-13-22)27(29)31/h6-13,17H,5,14-16,28H2,1-4H3,(H2,29,31). The van der Waals surface area contributed by atoms with Crippen molar-refractivity contribution in [1.29, 1.82) is 0 Å². The normalized spacial score (nSPS) is 11.2. The Balaban J connectivity index is 2.05. The van der Waals surface area contributed by atoms with Crippen molar-refractivity contribution >= 4 is 17.7 Å². The molecule has 4 nitrogen and oxygen atoms in total. The van der Waals surface area contributed by atoms with Crippen LogP contribution < -0.4 is 11.5 Å². The zero-order valence-corrected chi connectivity index (χ0v) is 20.3.